The molecule has 0 saturated heterocycles. The minimum absolute atomic E-state index is 0.0447. The number of amides is 1. The number of carbonyl (C=O) groups is 1. The van der Waals surface area contributed by atoms with Gasteiger partial charge in [-0.1, -0.05) is 19.4 Å². The normalized spacial score (nSPS) is 12.3. The van der Waals surface area contributed by atoms with Crippen molar-refractivity contribution in [2.75, 3.05) is 18.5 Å². The molecule has 2 aromatic heterocycles. The van der Waals surface area contributed by atoms with E-state index >= 15 is 0 Å². The average molecular weight is 337 g/mol. The van der Waals surface area contributed by atoms with Crippen LogP contribution in [0.3, 0.4) is 0 Å². The Hall–Kier alpha value is -1.70. The Morgan fingerprint density at radius 3 is 3.04 bits per heavy atom. The van der Waals surface area contributed by atoms with Gasteiger partial charge in [-0.25, -0.2) is 4.68 Å². The second kappa shape index (κ2) is 8.81. The Kier molecular flexibility index (Phi) is 6.76. The number of hydrogen-bond donors (Lipinski definition) is 2. The van der Waals surface area contributed by atoms with Crippen molar-refractivity contribution in [1.29, 1.82) is 0 Å². The molecule has 1 atom stereocenters. The van der Waals surface area contributed by atoms with Gasteiger partial charge in [-0.15, -0.1) is 11.3 Å². The van der Waals surface area contributed by atoms with E-state index in [1.54, 1.807) is 22.9 Å². The largest absolute Gasteiger partial charge is 0.394 e. The van der Waals surface area contributed by atoms with Crippen molar-refractivity contribution in [3.63, 3.8) is 0 Å². The molecule has 0 aliphatic carbocycles. The van der Waals surface area contributed by atoms with E-state index in [1.165, 1.54) is 0 Å². The van der Waals surface area contributed by atoms with Gasteiger partial charge in [0.15, 0.2) is 0 Å². The average Bonchev–Trinajstić information content (AvgIpc) is 3.18. The van der Waals surface area contributed by atoms with Gasteiger partial charge in [0.05, 0.1) is 18.0 Å². The number of ether oxygens (including phenoxy) is 1. The standard InChI is InChI=1S/C16H23N3O3S/c1-3-4-9-22-12(2)16(21)17-15-11-13(14-6-5-10-23-14)18-19(15)7-8-20/h5-6,10-12,20H,3-4,7-9H2,1-2H3,(H,17,21). The van der Waals surface area contributed by atoms with Crippen molar-refractivity contribution in [2.24, 2.45) is 0 Å². The minimum atomic E-state index is -0.524. The van der Waals surface area contributed by atoms with Crippen LogP contribution in [-0.2, 0) is 16.1 Å². The number of aliphatic hydroxyl groups is 1. The highest BCUT2D eigenvalue weighted by atomic mass is 32.1. The molecular weight excluding hydrogens is 314 g/mol. The van der Waals surface area contributed by atoms with Crippen molar-refractivity contribution >= 4 is 23.1 Å². The smallest absolute Gasteiger partial charge is 0.254 e. The van der Waals surface area contributed by atoms with Gasteiger partial charge in [-0.05, 0) is 24.8 Å². The highest BCUT2D eigenvalue weighted by Gasteiger charge is 2.17. The third-order valence-electron chi connectivity index (χ3n) is 3.35. The van der Waals surface area contributed by atoms with Crippen LogP contribution in [0.25, 0.3) is 10.6 Å². The van der Waals surface area contributed by atoms with Crippen molar-refractivity contribution in [3.05, 3.63) is 23.6 Å². The Labute approximate surface area is 140 Å². The molecule has 2 rings (SSSR count). The second-order valence-corrected chi connectivity index (χ2v) is 6.14. The lowest BCUT2D eigenvalue weighted by molar-refractivity contribution is -0.126. The van der Waals surface area contributed by atoms with Crippen LogP contribution in [0.5, 0.6) is 0 Å². The van der Waals surface area contributed by atoms with Crippen molar-refractivity contribution in [3.8, 4) is 10.6 Å². The van der Waals surface area contributed by atoms with Crippen LogP contribution in [0, 0.1) is 0 Å². The summed E-state index contributed by atoms with van der Waals surface area (Å²) in [4.78, 5) is 13.2. The van der Waals surface area contributed by atoms with E-state index in [0.29, 0.717) is 19.0 Å². The van der Waals surface area contributed by atoms with Crippen molar-refractivity contribution in [2.45, 2.75) is 39.3 Å². The third kappa shape index (κ3) is 4.89. The van der Waals surface area contributed by atoms with Gasteiger partial charge < -0.3 is 15.2 Å². The van der Waals surface area contributed by atoms with Crippen LogP contribution in [0.15, 0.2) is 23.6 Å². The van der Waals surface area contributed by atoms with Crippen LogP contribution in [0.2, 0.25) is 0 Å². The molecule has 6 nitrogen and oxygen atoms in total. The molecule has 0 aliphatic rings. The number of unbranched alkanes of at least 4 members (excludes halogenated alkanes) is 1. The van der Waals surface area contributed by atoms with Gasteiger partial charge in [-0.2, -0.15) is 5.10 Å². The van der Waals surface area contributed by atoms with E-state index < -0.39 is 6.10 Å². The number of nitrogens with zero attached hydrogens (tertiary/aromatic N) is 2. The molecule has 1 unspecified atom stereocenters. The molecule has 0 bridgehead atoms. The Balaban J connectivity index is 2.07. The summed E-state index contributed by atoms with van der Waals surface area (Å²) in [5, 5.41) is 18.4. The summed E-state index contributed by atoms with van der Waals surface area (Å²) in [6.07, 6.45) is 1.44. The Morgan fingerprint density at radius 1 is 1.57 bits per heavy atom. The lowest BCUT2D eigenvalue weighted by atomic mass is 10.3. The highest BCUT2D eigenvalue weighted by molar-refractivity contribution is 7.13. The lowest BCUT2D eigenvalue weighted by Gasteiger charge is -2.13. The monoisotopic (exact) mass is 337 g/mol. The number of thiophene rings is 1. The molecule has 126 valence electrons. The fourth-order valence-electron chi connectivity index (χ4n) is 2.04. The molecule has 23 heavy (non-hydrogen) atoms. The van der Waals surface area contributed by atoms with E-state index in [-0.39, 0.29) is 12.5 Å². The maximum atomic E-state index is 12.2. The lowest BCUT2D eigenvalue weighted by Crippen LogP contribution is -2.29. The minimum Gasteiger partial charge on any atom is -0.394 e. The van der Waals surface area contributed by atoms with Gasteiger partial charge in [-0.3, -0.25) is 4.79 Å². The Bertz CT molecular complexity index is 610. The number of rotatable bonds is 9. The number of aliphatic hydroxyl groups excluding tert-OH is 1. The third-order valence-corrected chi connectivity index (χ3v) is 4.24. The van der Waals surface area contributed by atoms with E-state index in [0.717, 1.165) is 23.4 Å². The first-order chi connectivity index (χ1) is 11.2. The first kappa shape index (κ1) is 17.7. The maximum Gasteiger partial charge on any atom is 0.254 e. The topological polar surface area (TPSA) is 76.4 Å². The van der Waals surface area contributed by atoms with Crippen LogP contribution >= 0.6 is 11.3 Å². The second-order valence-electron chi connectivity index (χ2n) is 5.19. The first-order valence-electron chi connectivity index (χ1n) is 7.80. The molecular formula is C16H23N3O3S. The van der Waals surface area contributed by atoms with Crippen LogP contribution in [0.1, 0.15) is 26.7 Å². The summed E-state index contributed by atoms with van der Waals surface area (Å²) >= 11 is 1.58. The number of anilines is 1. The molecule has 0 saturated carbocycles. The summed E-state index contributed by atoms with van der Waals surface area (Å²) in [6.45, 7) is 4.66. The highest BCUT2D eigenvalue weighted by Crippen LogP contribution is 2.26. The van der Waals surface area contributed by atoms with Crippen molar-refractivity contribution in [1.82, 2.24) is 9.78 Å². The fraction of sp³-hybridized carbons (Fsp3) is 0.500. The molecule has 2 N–H and O–H groups in total. The SMILES string of the molecule is CCCCOC(C)C(=O)Nc1cc(-c2cccs2)nn1CCO. The molecule has 0 aromatic carbocycles. The molecule has 7 heteroatoms. The zero-order valence-corrected chi connectivity index (χ0v) is 14.3. The van der Waals surface area contributed by atoms with Crippen LogP contribution in [0.4, 0.5) is 5.82 Å². The van der Waals surface area contributed by atoms with E-state index in [1.807, 2.05) is 23.6 Å². The molecule has 0 spiro atoms. The van der Waals surface area contributed by atoms with Crippen molar-refractivity contribution < 1.29 is 14.6 Å². The molecule has 0 aliphatic heterocycles. The molecule has 0 fully saturated rings. The zero-order chi connectivity index (χ0) is 16.7. The van der Waals surface area contributed by atoms with Gasteiger partial charge in [0, 0.05) is 12.7 Å². The summed E-state index contributed by atoms with van der Waals surface area (Å²) in [5.41, 5.74) is 0.781. The predicted octanol–water partition coefficient (Wildman–Crippen LogP) is 2.75. The quantitative estimate of drug-likeness (QED) is 0.690. The van der Waals surface area contributed by atoms with Gasteiger partial charge in [0.2, 0.25) is 0 Å². The number of hydrogen-bond acceptors (Lipinski definition) is 5. The first-order valence-corrected chi connectivity index (χ1v) is 8.68. The summed E-state index contributed by atoms with van der Waals surface area (Å²) < 4.78 is 7.11. The van der Waals surface area contributed by atoms with Gasteiger partial charge in [0.1, 0.15) is 17.6 Å². The van der Waals surface area contributed by atoms with E-state index in [9.17, 15) is 9.90 Å². The molecule has 2 aromatic rings. The molecule has 2 heterocycles. The fourth-order valence-corrected chi connectivity index (χ4v) is 2.72. The molecule has 1 amide bonds. The summed E-state index contributed by atoms with van der Waals surface area (Å²) in [7, 11) is 0. The zero-order valence-electron chi connectivity index (χ0n) is 13.5. The maximum absolute atomic E-state index is 12.2. The Morgan fingerprint density at radius 2 is 2.39 bits per heavy atom. The summed E-state index contributed by atoms with van der Waals surface area (Å²) in [5.74, 6) is 0.358. The van der Waals surface area contributed by atoms with Gasteiger partial charge in [0.25, 0.3) is 5.91 Å². The van der Waals surface area contributed by atoms with E-state index in [4.69, 9.17) is 4.74 Å². The molecule has 0 radical (unpaired) electrons. The summed E-state index contributed by atoms with van der Waals surface area (Å²) in [6, 6.07) is 5.74. The van der Waals surface area contributed by atoms with Crippen LogP contribution in [-0.4, -0.2) is 40.1 Å². The van der Waals surface area contributed by atoms with E-state index in [2.05, 4.69) is 17.3 Å². The van der Waals surface area contributed by atoms with Gasteiger partial charge >= 0.3 is 0 Å². The number of carbonyl (C=O) groups excluding carboxylic acids is 1. The number of nitrogens with one attached hydrogen (secondary N) is 1. The predicted molar refractivity (Wildman–Crippen MR) is 91.6 cm³/mol. The number of aromatic nitrogens is 2. The van der Waals surface area contributed by atoms with Crippen LogP contribution < -0.4 is 5.32 Å².